The molecule has 0 spiro atoms. The van der Waals surface area contributed by atoms with Crippen LogP contribution in [0.15, 0.2) is 53.1 Å². The second-order valence-electron chi connectivity index (χ2n) is 10.1. The van der Waals surface area contributed by atoms with Crippen LogP contribution >= 0.6 is 0 Å². The summed E-state index contributed by atoms with van der Waals surface area (Å²) in [6.45, 7) is 7.21. The number of anilines is 4. The van der Waals surface area contributed by atoms with Gasteiger partial charge in [-0.2, -0.15) is 0 Å². The predicted molar refractivity (Wildman–Crippen MR) is 145 cm³/mol. The van der Waals surface area contributed by atoms with Crippen LogP contribution < -0.4 is 15.5 Å². The fourth-order valence-corrected chi connectivity index (χ4v) is 4.99. The summed E-state index contributed by atoms with van der Waals surface area (Å²) in [5, 5.41) is 12.7. The quantitative estimate of drug-likeness (QED) is 0.415. The van der Waals surface area contributed by atoms with Gasteiger partial charge in [0.1, 0.15) is 5.82 Å². The van der Waals surface area contributed by atoms with Crippen molar-refractivity contribution in [1.82, 2.24) is 20.1 Å². The number of piperidine rings is 1. The van der Waals surface area contributed by atoms with Crippen LogP contribution in [-0.2, 0) is 4.79 Å². The van der Waals surface area contributed by atoms with Crippen molar-refractivity contribution in [1.29, 1.82) is 0 Å². The first-order valence-corrected chi connectivity index (χ1v) is 13.4. The van der Waals surface area contributed by atoms with Gasteiger partial charge in [0.15, 0.2) is 11.6 Å². The van der Waals surface area contributed by atoms with Crippen molar-refractivity contribution in [3.8, 4) is 0 Å². The maximum absolute atomic E-state index is 13.4. The SMILES string of the molecule is C=C1CCN(C(=O)C2CCCN(c3ccc(NC(=O)c4nnc(Nc5ccc(F)c(F)c5)o4)cn3)CCC2)CC1. The predicted octanol–water partition coefficient (Wildman–Crippen LogP) is 4.91. The summed E-state index contributed by atoms with van der Waals surface area (Å²) in [6.07, 6.45) is 6.88. The minimum Gasteiger partial charge on any atom is -0.399 e. The van der Waals surface area contributed by atoms with Gasteiger partial charge in [-0.1, -0.05) is 17.3 Å². The van der Waals surface area contributed by atoms with Gasteiger partial charge in [-0.05, 0) is 62.8 Å². The van der Waals surface area contributed by atoms with E-state index in [4.69, 9.17) is 4.42 Å². The van der Waals surface area contributed by atoms with E-state index in [1.54, 1.807) is 12.3 Å². The Morgan fingerprint density at radius 3 is 2.35 bits per heavy atom. The number of aromatic nitrogens is 3. The molecular weight excluding hydrogens is 520 g/mol. The molecule has 2 aromatic heterocycles. The number of amides is 2. The van der Waals surface area contributed by atoms with Gasteiger partial charge in [0, 0.05) is 43.9 Å². The van der Waals surface area contributed by atoms with Gasteiger partial charge < -0.3 is 24.9 Å². The number of likely N-dealkylation sites (tertiary alicyclic amines) is 1. The molecule has 3 aromatic rings. The third kappa shape index (κ3) is 6.61. The summed E-state index contributed by atoms with van der Waals surface area (Å²) >= 11 is 0. The largest absolute Gasteiger partial charge is 0.399 e. The monoisotopic (exact) mass is 551 g/mol. The highest BCUT2D eigenvalue weighted by Gasteiger charge is 2.27. The Hall–Kier alpha value is -4.35. The number of rotatable bonds is 6. The first-order chi connectivity index (χ1) is 19.4. The van der Waals surface area contributed by atoms with Gasteiger partial charge in [-0.15, -0.1) is 5.10 Å². The van der Waals surface area contributed by atoms with Crippen molar-refractivity contribution in [2.75, 3.05) is 41.7 Å². The normalized spacial score (nSPS) is 16.8. The Bertz CT molecular complexity index is 1360. The summed E-state index contributed by atoms with van der Waals surface area (Å²) < 4.78 is 31.8. The lowest BCUT2D eigenvalue weighted by atomic mass is 9.93. The average molecular weight is 552 g/mol. The van der Waals surface area contributed by atoms with E-state index in [-0.39, 0.29) is 29.4 Å². The molecule has 2 fully saturated rings. The summed E-state index contributed by atoms with van der Waals surface area (Å²) in [4.78, 5) is 34.3. The highest BCUT2D eigenvalue weighted by atomic mass is 19.2. The molecule has 12 heteroatoms. The molecule has 10 nitrogen and oxygen atoms in total. The van der Waals surface area contributed by atoms with Crippen LogP contribution in [0.25, 0.3) is 0 Å². The van der Waals surface area contributed by atoms with E-state index in [0.717, 1.165) is 82.7 Å². The molecule has 4 heterocycles. The molecule has 5 rings (SSSR count). The number of carbonyl (C=O) groups excluding carboxylic acids is 2. The fourth-order valence-electron chi connectivity index (χ4n) is 4.99. The molecule has 0 saturated carbocycles. The van der Waals surface area contributed by atoms with E-state index in [9.17, 15) is 18.4 Å². The number of halogens is 2. The standard InChI is InChI=1S/C28H31F2N7O3/c1-18-10-14-37(15-11-18)27(39)19-4-2-12-36(13-3-5-19)24-9-7-21(17-31-24)32-25(38)26-34-35-28(40-26)33-20-6-8-22(29)23(30)16-20/h6-9,16-17,19H,1-5,10-15H2,(H,32,38)(H,33,35). The van der Waals surface area contributed by atoms with Crippen molar-refractivity contribution >= 4 is 35.0 Å². The first-order valence-electron chi connectivity index (χ1n) is 13.4. The number of carbonyl (C=O) groups is 2. The van der Waals surface area contributed by atoms with Crippen LogP contribution in [0.4, 0.5) is 32.0 Å². The Morgan fingerprint density at radius 1 is 0.950 bits per heavy atom. The number of hydrogen-bond acceptors (Lipinski definition) is 8. The molecular formula is C28H31F2N7O3. The average Bonchev–Trinajstić information content (AvgIpc) is 3.40. The zero-order valence-electron chi connectivity index (χ0n) is 22.0. The fraction of sp³-hybridized carbons (Fsp3) is 0.393. The van der Waals surface area contributed by atoms with Gasteiger partial charge in [0.05, 0.1) is 11.9 Å². The molecule has 0 bridgehead atoms. The minimum atomic E-state index is -1.03. The van der Waals surface area contributed by atoms with Gasteiger partial charge in [0.25, 0.3) is 0 Å². The molecule has 2 N–H and O–H groups in total. The summed E-state index contributed by atoms with van der Waals surface area (Å²) in [7, 11) is 0. The van der Waals surface area contributed by atoms with Gasteiger partial charge in [-0.3, -0.25) is 9.59 Å². The number of nitrogens with one attached hydrogen (secondary N) is 2. The number of hydrogen-bond donors (Lipinski definition) is 2. The summed E-state index contributed by atoms with van der Waals surface area (Å²) in [5.41, 5.74) is 1.87. The van der Waals surface area contributed by atoms with Crippen molar-refractivity contribution in [2.24, 2.45) is 5.92 Å². The molecule has 1 aromatic carbocycles. The third-order valence-electron chi connectivity index (χ3n) is 7.21. The van der Waals surface area contributed by atoms with Crippen LogP contribution in [0.2, 0.25) is 0 Å². The maximum atomic E-state index is 13.4. The van der Waals surface area contributed by atoms with E-state index in [0.29, 0.717) is 5.69 Å². The van der Waals surface area contributed by atoms with Crippen LogP contribution in [0, 0.1) is 17.6 Å². The van der Waals surface area contributed by atoms with E-state index in [1.165, 1.54) is 11.6 Å². The number of nitrogens with zero attached hydrogens (tertiary/aromatic N) is 5. The number of benzene rings is 1. The lowest BCUT2D eigenvalue weighted by Gasteiger charge is -2.33. The van der Waals surface area contributed by atoms with Gasteiger partial charge in [-0.25, -0.2) is 13.8 Å². The smallest absolute Gasteiger partial charge is 0.320 e. The van der Waals surface area contributed by atoms with Crippen molar-refractivity contribution in [3.05, 3.63) is 66.2 Å². The van der Waals surface area contributed by atoms with Crippen molar-refractivity contribution in [3.63, 3.8) is 0 Å². The molecule has 40 heavy (non-hydrogen) atoms. The molecule has 0 aliphatic carbocycles. The van der Waals surface area contributed by atoms with E-state index < -0.39 is 17.5 Å². The Labute approximate surface area is 230 Å². The lowest BCUT2D eigenvalue weighted by Crippen LogP contribution is -2.41. The van der Waals surface area contributed by atoms with Gasteiger partial charge >= 0.3 is 17.8 Å². The number of pyridine rings is 1. The Balaban J connectivity index is 1.11. The molecule has 2 aliphatic rings. The zero-order valence-corrected chi connectivity index (χ0v) is 22.0. The van der Waals surface area contributed by atoms with E-state index in [1.807, 2.05) is 11.0 Å². The Morgan fingerprint density at radius 2 is 1.68 bits per heavy atom. The van der Waals surface area contributed by atoms with E-state index in [2.05, 4.69) is 37.3 Å². The van der Waals surface area contributed by atoms with Gasteiger partial charge in [0.2, 0.25) is 5.91 Å². The second-order valence-corrected chi connectivity index (χ2v) is 10.1. The maximum Gasteiger partial charge on any atom is 0.320 e. The van der Waals surface area contributed by atoms with Crippen molar-refractivity contribution < 1.29 is 22.8 Å². The molecule has 210 valence electrons. The highest BCUT2D eigenvalue weighted by Crippen LogP contribution is 2.26. The second kappa shape index (κ2) is 12.2. The molecule has 0 atom stereocenters. The molecule has 2 saturated heterocycles. The van der Waals surface area contributed by atoms with Crippen LogP contribution in [0.3, 0.4) is 0 Å². The first kappa shape index (κ1) is 27.2. The Kier molecular flexibility index (Phi) is 8.32. The van der Waals surface area contributed by atoms with Crippen LogP contribution in [0.1, 0.15) is 49.2 Å². The zero-order chi connectivity index (χ0) is 28.1. The molecule has 2 amide bonds. The minimum absolute atomic E-state index is 0.0799. The van der Waals surface area contributed by atoms with E-state index >= 15 is 0 Å². The molecule has 0 unspecified atom stereocenters. The highest BCUT2D eigenvalue weighted by molar-refractivity contribution is 6.00. The molecule has 0 radical (unpaired) electrons. The van der Waals surface area contributed by atoms with Crippen molar-refractivity contribution in [2.45, 2.75) is 38.5 Å². The molecule has 2 aliphatic heterocycles. The lowest BCUT2D eigenvalue weighted by molar-refractivity contribution is -0.136. The summed E-state index contributed by atoms with van der Waals surface area (Å²) in [5.74, 6) is -1.80. The topological polar surface area (TPSA) is 116 Å². The summed E-state index contributed by atoms with van der Waals surface area (Å²) in [6, 6.07) is 6.62. The third-order valence-corrected chi connectivity index (χ3v) is 7.21. The van der Waals surface area contributed by atoms with Crippen LogP contribution in [0.5, 0.6) is 0 Å². The van der Waals surface area contributed by atoms with Crippen LogP contribution in [-0.4, -0.2) is 58.1 Å².